The fourth-order valence-electron chi connectivity index (χ4n) is 4.90. The summed E-state index contributed by atoms with van der Waals surface area (Å²) in [5.41, 5.74) is 2.06. The molecular formula is C23H34N4O4. The van der Waals surface area contributed by atoms with Gasteiger partial charge in [-0.25, -0.2) is 4.79 Å². The Labute approximate surface area is 183 Å². The van der Waals surface area contributed by atoms with Crippen molar-refractivity contribution in [3.8, 4) is 0 Å². The highest BCUT2D eigenvalue weighted by Crippen LogP contribution is 2.39. The van der Waals surface area contributed by atoms with Crippen molar-refractivity contribution in [2.75, 3.05) is 46.1 Å². The number of aliphatic hydroxyl groups excluding tert-OH is 1. The molecule has 1 unspecified atom stereocenters. The predicted molar refractivity (Wildman–Crippen MR) is 119 cm³/mol. The summed E-state index contributed by atoms with van der Waals surface area (Å²) in [4.78, 5) is 18.3. The highest BCUT2D eigenvalue weighted by Gasteiger charge is 2.49. The van der Waals surface area contributed by atoms with E-state index in [9.17, 15) is 9.90 Å². The number of amides is 2. The van der Waals surface area contributed by atoms with Crippen molar-refractivity contribution in [3.05, 3.63) is 36.0 Å². The first-order valence-electron chi connectivity index (χ1n) is 11.3. The number of para-hydroxylation sites is 1. The van der Waals surface area contributed by atoms with Gasteiger partial charge in [0.15, 0.2) is 0 Å². The number of aromatic nitrogens is 1. The van der Waals surface area contributed by atoms with Crippen molar-refractivity contribution < 1.29 is 19.4 Å². The smallest absolute Gasteiger partial charge is 0.315 e. The molecule has 0 radical (unpaired) electrons. The molecule has 1 aliphatic carbocycles. The molecule has 8 heteroatoms. The molecule has 4 rings (SSSR count). The molecule has 1 saturated heterocycles. The fourth-order valence-corrected chi connectivity index (χ4v) is 4.90. The summed E-state index contributed by atoms with van der Waals surface area (Å²) in [6, 6.07) is 7.45. The lowest BCUT2D eigenvalue weighted by molar-refractivity contribution is -0.124. The number of nitrogens with one attached hydrogen (secondary N) is 3. The Morgan fingerprint density at radius 1 is 1.35 bits per heavy atom. The van der Waals surface area contributed by atoms with Gasteiger partial charge in [-0.1, -0.05) is 18.2 Å². The number of H-pyrrole nitrogens is 1. The second kappa shape index (κ2) is 9.99. The molecule has 1 saturated carbocycles. The highest BCUT2D eigenvalue weighted by atomic mass is 16.5. The molecule has 2 fully saturated rings. The summed E-state index contributed by atoms with van der Waals surface area (Å²) in [5.74, 6) is 0. The summed E-state index contributed by atoms with van der Waals surface area (Å²) in [6.45, 7) is 6.38. The molecule has 1 aromatic carbocycles. The number of hydrogen-bond acceptors (Lipinski definition) is 5. The van der Waals surface area contributed by atoms with Crippen LogP contribution in [-0.4, -0.2) is 84.8 Å². The van der Waals surface area contributed by atoms with Crippen LogP contribution in [0.4, 0.5) is 4.79 Å². The third-order valence-corrected chi connectivity index (χ3v) is 6.57. The number of carbonyl (C=O) groups is 1. The fraction of sp³-hybridized carbons (Fsp3) is 0.609. The Bertz CT molecular complexity index is 858. The van der Waals surface area contributed by atoms with Crippen LogP contribution in [0, 0.1) is 0 Å². The number of hydrogen-bond donors (Lipinski definition) is 4. The Hall–Kier alpha value is -2.13. The van der Waals surface area contributed by atoms with Crippen molar-refractivity contribution >= 4 is 16.9 Å². The normalized spacial score (nSPS) is 25.2. The number of morpholine rings is 1. The van der Waals surface area contributed by atoms with E-state index in [0.29, 0.717) is 19.6 Å². The molecule has 31 heavy (non-hydrogen) atoms. The summed E-state index contributed by atoms with van der Waals surface area (Å²) in [6.07, 6.45) is 4.60. The van der Waals surface area contributed by atoms with Crippen LogP contribution in [-0.2, 0) is 15.9 Å². The predicted octanol–water partition coefficient (Wildman–Crippen LogP) is 1.64. The third kappa shape index (κ3) is 5.03. The molecule has 4 N–H and O–H groups in total. The number of urea groups is 1. The SMILES string of the molecule is CCOC1CC(CNC(=O)NC(CO)Cc2c[nH]c3ccccc23)(N2CCOCC2)C1. The molecule has 2 amide bonds. The summed E-state index contributed by atoms with van der Waals surface area (Å²) < 4.78 is 11.3. The van der Waals surface area contributed by atoms with E-state index in [2.05, 4.69) is 20.5 Å². The molecule has 0 spiro atoms. The van der Waals surface area contributed by atoms with Gasteiger partial charge >= 0.3 is 6.03 Å². The van der Waals surface area contributed by atoms with Crippen molar-refractivity contribution in [1.82, 2.24) is 20.5 Å². The minimum atomic E-state index is -0.351. The molecule has 2 heterocycles. The van der Waals surface area contributed by atoms with Gasteiger partial charge in [-0.05, 0) is 37.8 Å². The van der Waals surface area contributed by atoms with E-state index in [0.717, 1.165) is 55.6 Å². The maximum absolute atomic E-state index is 12.7. The van der Waals surface area contributed by atoms with Gasteiger partial charge in [0, 0.05) is 48.9 Å². The molecule has 2 aromatic rings. The Morgan fingerprint density at radius 2 is 2.13 bits per heavy atom. The average Bonchev–Trinajstić information content (AvgIpc) is 3.18. The lowest BCUT2D eigenvalue weighted by atomic mass is 9.72. The standard InChI is InChI=1S/C23H34N4O4/c1-2-31-19-12-23(13-19,27-7-9-30-10-8-27)16-25-22(29)26-18(15-28)11-17-14-24-21-6-4-3-5-20(17)21/h3-6,14,18-19,24,28H,2,7-13,15-16H2,1H3,(H2,25,26,29). The van der Waals surface area contributed by atoms with Crippen LogP contribution in [0.3, 0.4) is 0 Å². The number of benzene rings is 1. The number of ether oxygens (including phenoxy) is 2. The second-order valence-electron chi connectivity index (χ2n) is 8.58. The van der Waals surface area contributed by atoms with Gasteiger partial charge in [-0.15, -0.1) is 0 Å². The van der Waals surface area contributed by atoms with Gasteiger partial charge in [0.2, 0.25) is 0 Å². The Kier molecular flexibility index (Phi) is 7.12. The van der Waals surface area contributed by atoms with Crippen molar-refractivity contribution in [2.24, 2.45) is 0 Å². The van der Waals surface area contributed by atoms with E-state index in [1.54, 1.807) is 0 Å². The van der Waals surface area contributed by atoms with E-state index in [1.165, 1.54) is 0 Å². The molecule has 1 atom stereocenters. The molecule has 0 bridgehead atoms. The van der Waals surface area contributed by atoms with Gasteiger partial charge in [-0.3, -0.25) is 4.90 Å². The maximum Gasteiger partial charge on any atom is 0.315 e. The van der Waals surface area contributed by atoms with Gasteiger partial charge in [0.25, 0.3) is 0 Å². The van der Waals surface area contributed by atoms with Crippen LogP contribution in [0.1, 0.15) is 25.3 Å². The zero-order valence-corrected chi connectivity index (χ0v) is 18.2. The van der Waals surface area contributed by atoms with Crippen molar-refractivity contribution in [1.29, 1.82) is 0 Å². The van der Waals surface area contributed by atoms with Crippen LogP contribution in [0.25, 0.3) is 10.9 Å². The topological polar surface area (TPSA) is 98.8 Å². The number of aromatic amines is 1. The van der Waals surface area contributed by atoms with E-state index in [-0.39, 0.29) is 30.3 Å². The Morgan fingerprint density at radius 3 is 2.87 bits per heavy atom. The number of rotatable bonds is 9. The lowest BCUT2D eigenvalue weighted by Gasteiger charge is -2.55. The number of nitrogens with zero attached hydrogens (tertiary/aromatic N) is 1. The molecule has 1 aliphatic heterocycles. The number of carbonyl (C=O) groups excluding carboxylic acids is 1. The summed E-state index contributed by atoms with van der Waals surface area (Å²) in [7, 11) is 0. The second-order valence-corrected chi connectivity index (χ2v) is 8.58. The van der Waals surface area contributed by atoms with Gasteiger partial charge in [0.1, 0.15) is 0 Å². The zero-order valence-electron chi connectivity index (χ0n) is 18.2. The minimum absolute atomic E-state index is 0.0769. The van der Waals surface area contributed by atoms with E-state index in [4.69, 9.17) is 9.47 Å². The van der Waals surface area contributed by atoms with E-state index in [1.807, 2.05) is 37.4 Å². The minimum Gasteiger partial charge on any atom is -0.394 e. The number of aliphatic hydroxyl groups is 1. The third-order valence-electron chi connectivity index (χ3n) is 6.57. The monoisotopic (exact) mass is 430 g/mol. The van der Waals surface area contributed by atoms with E-state index < -0.39 is 0 Å². The van der Waals surface area contributed by atoms with Crippen LogP contribution < -0.4 is 10.6 Å². The van der Waals surface area contributed by atoms with Crippen LogP contribution >= 0.6 is 0 Å². The Balaban J connectivity index is 1.33. The van der Waals surface area contributed by atoms with Crippen LogP contribution in [0.2, 0.25) is 0 Å². The van der Waals surface area contributed by atoms with Gasteiger partial charge in [0.05, 0.1) is 32.0 Å². The molecule has 8 nitrogen and oxygen atoms in total. The lowest BCUT2D eigenvalue weighted by Crippen LogP contribution is -2.67. The number of fused-ring (bicyclic) bond motifs is 1. The van der Waals surface area contributed by atoms with Crippen LogP contribution in [0.15, 0.2) is 30.5 Å². The quantitative estimate of drug-likeness (QED) is 0.485. The molecule has 2 aliphatic rings. The van der Waals surface area contributed by atoms with Gasteiger partial charge in [-0.2, -0.15) is 0 Å². The highest BCUT2D eigenvalue weighted by molar-refractivity contribution is 5.83. The maximum atomic E-state index is 12.7. The van der Waals surface area contributed by atoms with Crippen molar-refractivity contribution in [2.45, 2.75) is 43.9 Å². The molecular weight excluding hydrogens is 396 g/mol. The summed E-state index contributed by atoms with van der Waals surface area (Å²) in [5, 5.41) is 17.0. The van der Waals surface area contributed by atoms with E-state index >= 15 is 0 Å². The average molecular weight is 431 g/mol. The molecule has 1 aromatic heterocycles. The van der Waals surface area contributed by atoms with Crippen molar-refractivity contribution in [3.63, 3.8) is 0 Å². The first kappa shape index (κ1) is 22.1. The molecule has 170 valence electrons. The first-order chi connectivity index (χ1) is 15.1. The van der Waals surface area contributed by atoms with Crippen LogP contribution in [0.5, 0.6) is 0 Å². The van der Waals surface area contributed by atoms with Gasteiger partial charge < -0.3 is 30.2 Å². The summed E-state index contributed by atoms with van der Waals surface area (Å²) >= 11 is 0. The first-order valence-corrected chi connectivity index (χ1v) is 11.3. The zero-order chi connectivity index (χ0) is 21.7. The largest absolute Gasteiger partial charge is 0.394 e.